The Morgan fingerprint density at radius 2 is 1.63 bits per heavy atom. The van der Waals surface area contributed by atoms with Crippen molar-refractivity contribution in [2.75, 3.05) is 7.11 Å². The maximum atomic E-state index is 14.5. The van der Waals surface area contributed by atoms with Crippen molar-refractivity contribution >= 4 is 17.5 Å². The summed E-state index contributed by atoms with van der Waals surface area (Å²) in [7, 11) is 1.49. The zero-order valence-corrected chi connectivity index (χ0v) is 24.8. The molecule has 5 rings (SSSR count). The molecule has 0 heterocycles. The lowest BCUT2D eigenvalue weighted by atomic mass is 9.33. The van der Waals surface area contributed by atoms with E-state index in [9.17, 15) is 19.6 Å². The number of ether oxygens (including phenoxy) is 1. The van der Waals surface area contributed by atoms with Gasteiger partial charge in [-0.3, -0.25) is 14.4 Å². The van der Waals surface area contributed by atoms with E-state index in [1.807, 2.05) is 26.8 Å². The van der Waals surface area contributed by atoms with Crippen LogP contribution in [0.15, 0.2) is 22.8 Å². The second kappa shape index (κ2) is 7.92. The number of carbonyl (C=O) groups is 3. The molecule has 0 saturated heterocycles. The average Bonchev–Trinajstić information content (AvgIpc) is 2.84. The van der Waals surface area contributed by atoms with Crippen LogP contribution in [0.4, 0.5) is 0 Å². The average molecular weight is 520 g/mol. The molecule has 5 nitrogen and oxygen atoms in total. The highest BCUT2D eigenvalue weighted by molar-refractivity contribution is 6.05. The van der Waals surface area contributed by atoms with E-state index in [2.05, 4.69) is 40.7 Å². The fourth-order valence-electron chi connectivity index (χ4n) is 10.5. The van der Waals surface area contributed by atoms with Crippen LogP contribution in [0, 0.1) is 61.6 Å². The monoisotopic (exact) mass is 519 g/mol. The van der Waals surface area contributed by atoms with Crippen molar-refractivity contribution in [3.8, 4) is 6.07 Å². The molecule has 3 saturated carbocycles. The minimum Gasteiger partial charge on any atom is -0.469 e. The zero-order chi connectivity index (χ0) is 28.3. The number of Topliss-reactive ketones (excluding diaryl/α,β-unsaturated/α-hetero) is 1. The molecule has 5 aliphatic rings. The van der Waals surface area contributed by atoms with Gasteiger partial charge in [0, 0.05) is 16.7 Å². The lowest BCUT2D eigenvalue weighted by molar-refractivity contribution is -0.191. The van der Waals surface area contributed by atoms with Crippen molar-refractivity contribution in [3.63, 3.8) is 0 Å². The van der Waals surface area contributed by atoms with Gasteiger partial charge in [-0.1, -0.05) is 48.5 Å². The van der Waals surface area contributed by atoms with Crippen LogP contribution < -0.4 is 0 Å². The van der Waals surface area contributed by atoms with Crippen LogP contribution in [0.1, 0.15) is 100 Å². The Hall–Kier alpha value is -2.22. The molecule has 0 aromatic rings. The SMILES string of the molecule is COC(=O)[C@]12CCC(C)(C)CC1C1C(=O)C=C3[C@@]4(C)C(C)=C(C#N)C(=O)C(C)(C)C4CC[C@@]3(C)[C@]1(C)CC2. The fraction of sp³-hybridized carbons (Fsp3) is 0.758. The van der Waals surface area contributed by atoms with Gasteiger partial charge in [-0.25, -0.2) is 0 Å². The predicted octanol–water partition coefficient (Wildman–Crippen LogP) is 6.77. The predicted molar refractivity (Wildman–Crippen MR) is 146 cm³/mol. The van der Waals surface area contributed by atoms with E-state index in [1.54, 1.807) is 0 Å². The number of ketones is 2. The van der Waals surface area contributed by atoms with Gasteiger partial charge in [0.05, 0.1) is 18.1 Å². The number of nitriles is 1. The molecule has 7 atom stereocenters. The van der Waals surface area contributed by atoms with E-state index < -0.39 is 16.2 Å². The van der Waals surface area contributed by atoms with Crippen molar-refractivity contribution in [2.24, 2.45) is 50.2 Å². The summed E-state index contributed by atoms with van der Waals surface area (Å²) in [5.41, 5.74) is -0.170. The molecular formula is C33H45NO4. The maximum Gasteiger partial charge on any atom is 0.312 e. The molecule has 0 aromatic carbocycles. The van der Waals surface area contributed by atoms with Crippen LogP contribution in [0.5, 0.6) is 0 Å². The molecule has 0 radical (unpaired) electrons. The van der Waals surface area contributed by atoms with Crippen LogP contribution in [0.3, 0.4) is 0 Å². The van der Waals surface area contributed by atoms with Crippen LogP contribution in [-0.4, -0.2) is 24.6 Å². The Balaban J connectivity index is 1.73. The summed E-state index contributed by atoms with van der Waals surface area (Å²) < 4.78 is 5.42. The molecule has 3 fully saturated rings. The van der Waals surface area contributed by atoms with E-state index in [0.717, 1.165) is 56.1 Å². The van der Waals surface area contributed by atoms with Gasteiger partial charge >= 0.3 is 5.97 Å². The molecule has 0 aromatic heterocycles. The van der Waals surface area contributed by atoms with Crippen molar-refractivity contribution in [2.45, 2.75) is 100 Å². The molecule has 0 spiro atoms. The van der Waals surface area contributed by atoms with E-state index in [-0.39, 0.29) is 57.1 Å². The maximum absolute atomic E-state index is 14.5. The first-order valence-corrected chi connectivity index (χ1v) is 14.5. The third-order valence-corrected chi connectivity index (χ3v) is 13.1. The normalized spacial score (nSPS) is 45.1. The second-order valence-electron chi connectivity index (χ2n) is 15.3. The summed E-state index contributed by atoms with van der Waals surface area (Å²) in [6.45, 7) is 17.3. The number of nitrogens with zero attached hydrogens (tertiary/aromatic N) is 1. The number of rotatable bonds is 1. The molecule has 206 valence electrons. The Morgan fingerprint density at radius 3 is 2.24 bits per heavy atom. The van der Waals surface area contributed by atoms with Crippen molar-refractivity contribution < 1.29 is 19.1 Å². The first kappa shape index (κ1) is 27.4. The molecule has 0 amide bonds. The Kier molecular flexibility index (Phi) is 5.70. The molecule has 0 aliphatic heterocycles. The molecule has 5 heteroatoms. The van der Waals surface area contributed by atoms with Crippen LogP contribution >= 0.6 is 0 Å². The van der Waals surface area contributed by atoms with Gasteiger partial charge < -0.3 is 4.74 Å². The van der Waals surface area contributed by atoms with Gasteiger partial charge in [0.1, 0.15) is 6.07 Å². The number of hydrogen-bond acceptors (Lipinski definition) is 5. The van der Waals surface area contributed by atoms with Crippen LogP contribution in [-0.2, 0) is 19.1 Å². The second-order valence-corrected chi connectivity index (χ2v) is 15.3. The zero-order valence-electron chi connectivity index (χ0n) is 24.8. The number of carbonyl (C=O) groups excluding carboxylic acids is 3. The summed E-state index contributed by atoms with van der Waals surface area (Å²) in [4.78, 5) is 41.3. The number of esters is 1. The highest BCUT2D eigenvalue weighted by Gasteiger charge is 2.71. The van der Waals surface area contributed by atoms with E-state index in [4.69, 9.17) is 4.74 Å². The van der Waals surface area contributed by atoms with Crippen molar-refractivity contribution in [3.05, 3.63) is 22.8 Å². The minimum absolute atomic E-state index is 0.0261. The van der Waals surface area contributed by atoms with E-state index >= 15 is 0 Å². The van der Waals surface area contributed by atoms with Gasteiger partial charge in [-0.15, -0.1) is 0 Å². The molecule has 0 bridgehead atoms. The molecule has 3 unspecified atom stereocenters. The summed E-state index contributed by atoms with van der Waals surface area (Å²) in [5, 5.41) is 10.0. The third-order valence-electron chi connectivity index (χ3n) is 13.1. The molecule has 38 heavy (non-hydrogen) atoms. The minimum atomic E-state index is -0.678. The van der Waals surface area contributed by atoms with Crippen molar-refractivity contribution in [1.82, 2.24) is 0 Å². The van der Waals surface area contributed by atoms with Crippen LogP contribution in [0.2, 0.25) is 0 Å². The first-order chi connectivity index (χ1) is 17.5. The Morgan fingerprint density at radius 1 is 1.00 bits per heavy atom. The molecule has 5 aliphatic carbocycles. The fourth-order valence-corrected chi connectivity index (χ4v) is 10.5. The van der Waals surface area contributed by atoms with Gasteiger partial charge in [0.2, 0.25) is 0 Å². The van der Waals surface area contributed by atoms with E-state index in [0.29, 0.717) is 0 Å². The van der Waals surface area contributed by atoms with E-state index in [1.165, 1.54) is 7.11 Å². The smallest absolute Gasteiger partial charge is 0.312 e. The Bertz CT molecular complexity index is 1250. The quantitative estimate of drug-likeness (QED) is 0.357. The highest BCUT2D eigenvalue weighted by Crippen LogP contribution is 2.75. The number of fused-ring (bicyclic) bond motifs is 7. The lowest BCUT2D eigenvalue weighted by Crippen LogP contribution is -2.66. The topological polar surface area (TPSA) is 84.2 Å². The Labute approximate surface area is 228 Å². The lowest BCUT2D eigenvalue weighted by Gasteiger charge is -2.69. The number of methoxy groups -OCH3 is 1. The van der Waals surface area contributed by atoms with Gasteiger partial charge in [-0.2, -0.15) is 5.26 Å². The molecule has 0 N–H and O–H groups in total. The van der Waals surface area contributed by atoms with Gasteiger partial charge in [0.25, 0.3) is 0 Å². The largest absolute Gasteiger partial charge is 0.469 e. The summed E-state index contributed by atoms with van der Waals surface area (Å²) in [5.74, 6) is -0.367. The molecular weight excluding hydrogens is 474 g/mol. The standard InChI is InChI=1S/C33H45NO4/c1-19-20(18-34)26(36)29(4,5)23-10-11-30(6)24(32(19,23)8)16-22(35)25-21-17-28(2,3)12-14-33(21,27(37)38-9)15-13-31(25,30)7/h16,21,23,25H,10-15,17H2,1-9H3/t21?,23?,25?,30-,31-,32+,33+/m1/s1. The highest BCUT2D eigenvalue weighted by atomic mass is 16.5. The summed E-state index contributed by atoms with van der Waals surface area (Å²) >= 11 is 0. The first-order valence-electron chi connectivity index (χ1n) is 14.5. The van der Waals surface area contributed by atoms with Gasteiger partial charge in [-0.05, 0) is 97.2 Å². The summed E-state index contributed by atoms with van der Waals surface area (Å²) in [6.07, 6.45) is 7.78. The third kappa shape index (κ3) is 3.01. The number of allylic oxidation sites excluding steroid dienone is 4. The van der Waals surface area contributed by atoms with Gasteiger partial charge in [0.15, 0.2) is 11.6 Å². The van der Waals surface area contributed by atoms with Crippen LogP contribution in [0.25, 0.3) is 0 Å². The van der Waals surface area contributed by atoms with Crippen molar-refractivity contribution in [1.29, 1.82) is 5.26 Å². The summed E-state index contributed by atoms with van der Waals surface area (Å²) in [6, 6.07) is 2.24. The number of hydrogen-bond donors (Lipinski definition) is 0.